The van der Waals surface area contributed by atoms with Crippen LogP contribution < -0.4 is 14.8 Å². The molecular formula is C24H25N5O3S2. The number of carbonyl (C=O) groups is 1. The highest BCUT2D eigenvalue weighted by atomic mass is 32.2. The van der Waals surface area contributed by atoms with E-state index in [0.29, 0.717) is 41.5 Å². The highest BCUT2D eigenvalue weighted by molar-refractivity contribution is 7.99. The number of ether oxygens (including phenoxy) is 2. The standard InChI is InChI=1S/C24H25N5O3S2/c1-3-19-26-23-21(15-6-4-13(2)10-18(15)34-23)22-27-28-24(29(19)22)33-12-20(30)25-14-5-7-16-17(11-14)32-9-8-31-16/h5,7,11,13H,3-4,6,8-10,12H2,1-2H3,(H,25,30)/t13-/m0/s1. The molecule has 8 nitrogen and oxygen atoms in total. The van der Waals surface area contributed by atoms with Crippen LogP contribution in [0.3, 0.4) is 0 Å². The largest absolute Gasteiger partial charge is 0.486 e. The summed E-state index contributed by atoms with van der Waals surface area (Å²) in [6.45, 7) is 5.45. The lowest BCUT2D eigenvalue weighted by molar-refractivity contribution is -0.113. The zero-order valence-corrected chi connectivity index (χ0v) is 20.7. The van der Waals surface area contributed by atoms with Crippen LogP contribution in [0.15, 0.2) is 23.4 Å². The molecule has 34 heavy (non-hydrogen) atoms. The average Bonchev–Trinajstić information content (AvgIpc) is 3.42. The highest BCUT2D eigenvalue weighted by Gasteiger charge is 2.25. The van der Waals surface area contributed by atoms with Crippen LogP contribution in [-0.2, 0) is 24.1 Å². The van der Waals surface area contributed by atoms with Crippen molar-refractivity contribution >= 4 is 50.6 Å². The van der Waals surface area contributed by atoms with Gasteiger partial charge in [-0.15, -0.1) is 21.5 Å². The molecule has 1 aliphatic heterocycles. The molecule has 0 unspecified atom stereocenters. The van der Waals surface area contributed by atoms with Crippen molar-refractivity contribution in [1.29, 1.82) is 0 Å². The van der Waals surface area contributed by atoms with Crippen molar-refractivity contribution in [1.82, 2.24) is 19.6 Å². The number of thiophene rings is 1. The maximum Gasteiger partial charge on any atom is 0.234 e. The summed E-state index contributed by atoms with van der Waals surface area (Å²) < 4.78 is 13.2. The fraction of sp³-hybridized carbons (Fsp3) is 0.417. The van der Waals surface area contributed by atoms with Crippen molar-refractivity contribution in [3.63, 3.8) is 0 Å². The molecule has 0 bridgehead atoms. The Morgan fingerprint density at radius 2 is 2.12 bits per heavy atom. The Balaban J connectivity index is 1.25. The van der Waals surface area contributed by atoms with E-state index < -0.39 is 0 Å². The number of hydrogen-bond acceptors (Lipinski definition) is 8. The molecule has 1 amide bonds. The Morgan fingerprint density at radius 1 is 1.26 bits per heavy atom. The molecular weight excluding hydrogens is 470 g/mol. The molecule has 0 saturated carbocycles. The summed E-state index contributed by atoms with van der Waals surface area (Å²) in [5.41, 5.74) is 2.93. The third-order valence-corrected chi connectivity index (χ3v) is 8.39. The Morgan fingerprint density at radius 3 is 2.97 bits per heavy atom. The van der Waals surface area contributed by atoms with Crippen molar-refractivity contribution in [2.45, 2.75) is 44.7 Å². The monoisotopic (exact) mass is 495 g/mol. The van der Waals surface area contributed by atoms with Gasteiger partial charge in [-0.2, -0.15) is 0 Å². The number of nitrogens with one attached hydrogen (secondary N) is 1. The van der Waals surface area contributed by atoms with Gasteiger partial charge in [0.15, 0.2) is 22.3 Å². The van der Waals surface area contributed by atoms with E-state index >= 15 is 0 Å². The van der Waals surface area contributed by atoms with E-state index in [2.05, 4.69) is 29.4 Å². The van der Waals surface area contributed by atoms with Crippen LogP contribution in [-0.4, -0.2) is 44.5 Å². The van der Waals surface area contributed by atoms with Crippen LogP contribution in [0.25, 0.3) is 15.9 Å². The minimum atomic E-state index is -0.118. The van der Waals surface area contributed by atoms with E-state index in [1.54, 1.807) is 17.4 Å². The van der Waals surface area contributed by atoms with Gasteiger partial charge in [-0.05, 0) is 42.9 Å². The molecule has 2 aliphatic rings. The van der Waals surface area contributed by atoms with Crippen LogP contribution >= 0.6 is 23.1 Å². The molecule has 176 valence electrons. The zero-order chi connectivity index (χ0) is 23.2. The summed E-state index contributed by atoms with van der Waals surface area (Å²) in [6, 6.07) is 5.43. The molecule has 0 spiro atoms. The van der Waals surface area contributed by atoms with Gasteiger partial charge >= 0.3 is 0 Å². The first-order chi connectivity index (χ1) is 16.6. The summed E-state index contributed by atoms with van der Waals surface area (Å²) >= 11 is 3.18. The van der Waals surface area contributed by atoms with Crippen molar-refractivity contribution < 1.29 is 14.3 Å². The number of anilines is 1. The number of fused-ring (bicyclic) bond motifs is 6. The van der Waals surface area contributed by atoms with Crippen LogP contribution in [0.1, 0.15) is 36.5 Å². The highest BCUT2D eigenvalue weighted by Crippen LogP contribution is 2.40. The second-order valence-electron chi connectivity index (χ2n) is 8.75. The Hall–Kier alpha value is -2.85. The molecule has 1 atom stereocenters. The number of aryl methyl sites for hydroxylation is 2. The smallest absolute Gasteiger partial charge is 0.234 e. The molecule has 0 radical (unpaired) electrons. The molecule has 1 aliphatic carbocycles. The van der Waals surface area contributed by atoms with Crippen molar-refractivity contribution in [2.75, 3.05) is 24.3 Å². The summed E-state index contributed by atoms with van der Waals surface area (Å²) in [7, 11) is 0. The number of nitrogens with zero attached hydrogens (tertiary/aromatic N) is 4. The minimum absolute atomic E-state index is 0.118. The fourth-order valence-electron chi connectivity index (χ4n) is 4.66. The van der Waals surface area contributed by atoms with Gasteiger partial charge in [-0.3, -0.25) is 9.20 Å². The maximum atomic E-state index is 12.7. The second-order valence-corrected chi connectivity index (χ2v) is 10.8. The van der Waals surface area contributed by atoms with Gasteiger partial charge < -0.3 is 14.8 Å². The Labute approximate surface area is 205 Å². The molecule has 3 aromatic heterocycles. The SMILES string of the molecule is CCc1nc2sc3c(c2c2nnc(SCC(=O)Nc4ccc5c(c4)OCCO5)n12)CC[C@H](C)C3. The lowest BCUT2D eigenvalue weighted by Crippen LogP contribution is -2.17. The van der Waals surface area contributed by atoms with Crippen LogP contribution in [0.5, 0.6) is 11.5 Å². The molecule has 6 rings (SSSR count). The third kappa shape index (κ3) is 3.78. The number of carbonyl (C=O) groups excluding carboxylic acids is 1. The van der Waals surface area contributed by atoms with E-state index in [1.165, 1.54) is 28.6 Å². The lowest BCUT2D eigenvalue weighted by atomic mass is 9.89. The summed E-state index contributed by atoms with van der Waals surface area (Å²) in [5, 5.41) is 13.8. The van der Waals surface area contributed by atoms with Gasteiger partial charge in [-0.25, -0.2) is 4.98 Å². The van der Waals surface area contributed by atoms with Gasteiger partial charge in [0.1, 0.15) is 23.9 Å². The molecule has 0 fully saturated rings. The van der Waals surface area contributed by atoms with Crippen molar-refractivity contribution in [3.05, 3.63) is 34.5 Å². The van der Waals surface area contributed by atoms with Crippen LogP contribution in [0, 0.1) is 5.92 Å². The first kappa shape index (κ1) is 21.7. The molecule has 1 N–H and O–H groups in total. The molecule has 4 aromatic rings. The summed E-state index contributed by atoms with van der Waals surface area (Å²) in [5.74, 6) is 3.08. The Kier molecular flexibility index (Phi) is 5.57. The fourth-order valence-corrected chi connectivity index (χ4v) is 6.80. The topological polar surface area (TPSA) is 90.6 Å². The predicted molar refractivity (Wildman–Crippen MR) is 134 cm³/mol. The van der Waals surface area contributed by atoms with Gasteiger partial charge in [0.25, 0.3) is 0 Å². The van der Waals surface area contributed by atoms with E-state index in [1.807, 2.05) is 16.5 Å². The molecule has 10 heteroatoms. The third-order valence-electron chi connectivity index (χ3n) is 6.31. The van der Waals surface area contributed by atoms with Gasteiger partial charge in [0, 0.05) is 23.1 Å². The number of rotatable bonds is 5. The van der Waals surface area contributed by atoms with E-state index in [0.717, 1.165) is 41.0 Å². The zero-order valence-electron chi connectivity index (χ0n) is 19.1. The minimum Gasteiger partial charge on any atom is -0.486 e. The second kappa shape index (κ2) is 8.74. The summed E-state index contributed by atoms with van der Waals surface area (Å²) in [6.07, 6.45) is 4.13. The lowest BCUT2D eigenvalue weighted by Gasteiger charge is -2.19. The van der Waals surface area contributed by atoms with Crippen molar-refractivity contribution in [2.24, 2.45) is 5.92 Å². The normalized spacial score (nSPS) is 17.2. The maximum absolute atomic E-state index is 12.7. The predicted octanol–water partition coefficient (Wildman–Crippen LogP) is 4.53. The number of amides is 1. The quantitative estimate of drug-likeness (QED) is 0.407. The summed E-state index contributed by atoms with van der Waals surface area (Å²) in [4.78, 5) is 20.2. The molecule has 4 heterocycles. The molecule has 1 aromatic carbocycles. The van der Waals surface area contributed by atoms with Gasteiger partial charge in [0.2, 0.25) is 5.91 Å². The number of hydrogen-bond donors (Lipinski definition) is 1. The van der Waals surface area contributed by atoms with E-state index in [4.69, 9.17) is 14.5 Å². The van der Waals surface area contributed by atoms with Crippen molar-refractivity contribution in [3.8, 4) is 11.5 Å². The van der Waals surface area contributed by atoms with E-state index in [-0.39, 0.29) is 11.7 Å². The Bertz CT molecular complexity index is 1410. The number of aromatic nitrogens is 4. The van der Waals surface area contributed by atoms with E-state index in [9.17, 15) is 4.79 Å². The first-order valence-electron chi connectivity index (χ1n) is 11.6. The molecule has 0 saturated heterocycles. The van der Waals surface area contributed by atoms with Gasteiger partial charge in [-0.1, -0.05) is 25.6 Å². The number of benzene rings is 1. The van der Waals surface area contributed by atoms with Crippen LogP contribution in [0.4, 0.5) is 5.69 Å². The first-order valence-corrected chi connectivity index (χ1v) is 13.4. The van der Waals surface area contributed by atoms with Crippen LogP contribution in [0.2, 0.25) is 0 Å². The average molecular weight is 496 g/mol. The van der Waals surface area contributed by atoms with Gasteiger partial charge in [0.05, 0.1) is 11.1 Å². The number of thioether (sulfide) groups is 1.